The van der Waals surface area contributed by atoms with E-state index in [4.69, 9.17) is 31.4 Å². The molecule has 0 atom stereocenters. The molecule has 0 heterocycles. The number of hydrogen-bond acceptors (Lipinski definition) is 0. The van der Waals surface area contributed by atoms with E-state index in [0.717, 1.165) is 47.6 Å². The summed E-state index contributed by atoms with van der Waals surface area (Å²) in [5.74, 6) is 0. The molecule has 134 valence electrons. The lowest BCUT2D eigenvalue weighted by atomic mass is 9.69. The van der Waals surface area contributed by atoms with Gasteiger partial charge in [-0.2, -0.15) is 0 Å². The van der Waals surface area contributed by atoms with Crippen LogP contribution in [0.1, 0.15) is 61.1 Å². The predicted octanol–water partition coefficient (Wildman–Crippen LogP) is 3.17. The van der Waals surface area contributed by atoms with Crippen LogP contribution in [0.4, 0.5) is 0 Å². The summed E-state index contributed by atoms with van der Waals surface area (Å²) in [6, 6.07) is 4.48. The van der Waals surface area contributed by atoms with Crippen molar-refractivity contribution >= 4 is 63.9 Å². The van der Waals surface area contributed by atoms with Gasteiger partial charge in [-0.05, 0) is 81.6 Å². The fourth-order valence-corrected chi connectivity index (χ4v) is 5.01. The first-order valence-electron chi connectivity index (χ1n) is 10.5. The highest BCUT2D eigenvalue weighted by molar-refractivity contribution is 6.48. The van der Waals surface area contributed by atoms with E-state index in [0.29, 0.717) is 23.6 Å². The van der Waals surface area contributed by atoms with Crippen LogP contribution in [0.15, 0.2) is 12.1 Å². The van der Waals surface area contributed by atoms with Crippen LogP contribution in [0.5, 0.6) is 0 Å². The average Bonchev–Trinajstić information content (AvgIpc) is 2.72. The van der Waals surface area contributed by atoms with Crippen LogP contribution >= 0.6 is 0 Å². The van der Waals surface area contributed by atoms with Crippen LogP contribution in [0.25, 0.3) is 21.5 Å². The second-order valence-corrected chi connectivity index (χ2v) is 7.46. The molecule has 0 aromatic heterocycles. The van der Waals surface area contributed by atoms with Gasteiger partial charge in [-0.3, -0.25) is 0 Å². The third-order valence-electron chi connectivity index (χ3n) is 6.32. The monoisotopic (exact) mass is 358 g/mol. The maximum absolute atomic E-state index is 6.56. The van der Waals surface area contributed by atoms with Gasteiger partial charge in [0.25, 0.3) is 0 Å². The molecule has 8 radical (unpaired) electrons. The van der Waals surface area contributed by atoms with Crippen molar-refractivity contribution in [2.45, 2.75) is 66.0 Å². The van der Waals surface area contributed by atoms with Crippen molar-refractivity contribution in [1.29, 1.82) is 0 Å². The number of fused-ring (bicyclic) bond motifs is 2. The molecule has 0 aliphatic heterocycles. The molecule has 0 saturated heterocycles. The lowest BCUT2D eigenvalue weighted by Crippen LogP contribution is -2.25. The SMILES string of the molecule is [B]Cc1c(C[B])c([B])c2cc3c(CC)c(CC)c(CC)c(CC)c3cc2c1[B]. The highest BCUT2D eigenvalue weighted by Crippen LogP contribution is 2.35. The van der Waals surface area contributed by atoms with Crippen molar-refractivity contribution < 1.29 is 0 Å². The van der Waals surface area contributed by atoms with Crippen molar-refractivity contribution in [3.63, 3.8) is 0 Å². The quantitative estimate of drug-likeness (QED) is 0.469. The lowest BCUT2D eigenvalue weighted by Gasteiger charge is -2.24. The fraction of sp³-hybridized carbons (Fsp3) is 0.417. The van der Waals surface area contributed by atoms with Gasteiger partial charge in [0.15, 0.2) is 0 Å². The number of benzene rings is 3. The minimum atomic E-state index is 0.340. The third-order valence-corrected chi connectivity index (χ3v) is 6.32. The Morgan fingerprint density at radius 3 is 1.07 bits per heavy atom. The first-order valence-corrected chi connectivity index (χ1v) is 10.5. The normalized spacial score (nSPS) is 11.6. The number of aryl methyl sites for hydroxylation is 2. The predicted molar refractivity (Wildman–Crippen MR) is 129 cm³/mol. The van der Waals surface area contributed by atoms with Gasteiger partial charge in [-0.1, -0.05) is 62.4 Å². The molecule has 3 rings (SSSR count). The first-order chi connectivity index (χ1) is 13.5. The molecule has 0 unspecified atom stereocenters. The molecule has 0 amide bonds. The lowest BCUT2D eigenvalue weighted by molar-refractivity contribution is 0.961. The van der Waals surface area contributed by atoms with Crippen LogP contribution in [0.2, 0.25) is 0 Å². The smallest absolute Gasteiger partial charge is 0.0864 e. The Bertz CT molecular complexity index is 967. The Hall–Kier alpha value is -1.56. The van der Waals surface area contributed by atoms with Crippen LogP contribution in [0.3, 0.4) is 0 Å². The summed E-state index contributed by atoms with van der Waals surface area (Å²) < 4.78 is 0. The maximum atomic E-state index is 6.56. The summed E-state index contributed by atoms with van der Waals surface area (Å²) >= 11 is 0. The van der Waals surface area contributed by atoms with E-state index < -0.39 is 0 Å². The zero-order valence-corrected chi connectivity index (χ0v) is 17.7. The Balaban J connectivity index is 2.61. The van der Waals surface area contributed by atoms with E-state index in [1.54, 1.807) is 0 Å². The second-order valence-electron chi connectivity index (χ2n) is 7.46. The van der Waals surface area contributed by atoms with E-state index >= 15 is 0 Å². The molecule has 0 aliphatic carbocycles. The highest BCUT2D eigenvalue weighted by atomic mass is 14.2. The molecule has 4 heteroatoms. The van der Waals surface area contributed by atoms with Gasteiger partial charge in [0.2, 0.25) is 0 Å². The molecule has 0 saturated carbocycles. The third kappa shape index (κ3) is 3.04. The van der Waals surface area contributed by atoms with E-state index in [-0.39, 0.29) is 0 Å². The average molecular weight is 358 g/mol. The summed E-state index contributed by atoms with van der Waals surface area (Å²) in [4.78, 5) is 0. The molecular formula is C24H26B4. The van der Waals surface area contributed by atoms with Crippen molar-refractivity contribution in [3.05, 3.63) is 45.5 Å². The van der Waals surface area contributed by atoms with Gasteiger partial charge in [0.1, 0.15) is 15.7 Å². The molecule has 3 aromatic carbocycles. The fourth-order valence-electron chi connectivity index (χ4n) is 5.01. The van der Waals surface area contributed by atoms with Gasteiger partial charge in [0, 0.05) is 0 Å². The van der Waals surface area contributed by atoms with Gasteiger partial charge in [-0.25, -0.2) is 0 Å². The Kier molecular flexibility index (Phi) is 6.37. The van der Waals surface area contributed by atoms with Crippen molar-refractivity contribution in [2.75, 3.05) is 0 Å². The molecule has 3 aromatic rings. The Morgan fingerprint density at radius 2 is 0.821 bits per heavy atom. The maximum Gasteiger partial charge on any atom is 0.115 e. The van der Waals surface area contributed by atoms with Gasteiger partial charge < -0.3 is 0 Å². The molecule has 0 aliphatic rings. The van der Waals surface area contributed by atoms with Gasteiger partial charge in [-0.15, -0.1) is 0 Å². The zero-order chi connectivity index (χ0) is 20.6. The summed E-state index contributed by atoms with van der Waals surface area (Å²) in [5.41, 5.74) is 9.05. The van der Waals surface area contributed by atoms with E-state index in [9.17, 15) is 0 Å². The Labute approximate surface area is 175 Å². The van der Waals surface area contributed by atoms with Crippen LogP contribution < -0.4 is 10.9 Å². The van der Waals surface area contributed by atoms with Crippen LogP contribution in [-0.4, -0.2) is 31.4 Å². The largest absolute Gasteiger partial charge is 0.115 e. The van der Waals surface area contributed by atoms with Gasteiger partial charge >= 0.3 is 0 Å². The van der Waals surface area contributed by atoms with Crippen molar-refractivity contribution in [3.8, 4) is 0 Å². The van der Waals surface area contributed by atoms with Crippen molar-refractivity contribution in [1.82, 2.24) is 0 Å². The standard InChI is InChI=1S/C24H26B4/c1-5-13-14(6-2)16(8-4)18-10-20-19(9-17(18)15(13)7-3)23(27)21(11-25)22(12-26)24(20)28/h9-10H,5-8,11-12H2,1-4H3. The van der Waals surface area contributed by atoms with E-state index in [1.807, 2.05) is 0 Å². The summed E-state index contributed by atoms with van der Waals surface area (Å²) in [6.45, 7) is 8.99. The summed E-state index contributed by atoms with van der Waals surface area (Å²) in [7, 11) is 25.1. The summed E-state index contributed by atoms with van der Waals surface area (Å²) in [5, 5.41) is 4.59. The molecular weight excluding hydrogens is 332 g/mol. The Morgan fingerprint density at radius 1 is 0.500 bits per heavy atom. The molecule has 0 nitrogen and oxygen atoms in total. The molecule has 28 heavy (non-hydrogen) atoms. The van der Waals surface area contributed by atoms with E-state index in [2.05, 4.69) is 39.8 Å². The van der Waals surface area contributed by atoms with E-state index in [1.165, 1.54) is 33.0 Å². The van der Waals surface area contributed by atoms with Crippen LogP contribution in [-0.2, 0) is 38.3 Å². The number of hydrogen-bond donors (Lipinski definition) is 0. The molecule has 0 spiro atoms. The first kappa shape index (κ1) is 21.2. The zero-order valence-electron chi connectivity index (χ0n) is 17.7. The molecule has 0 bridgehead atoms. The van der Waals surface area contributed by atoms with Gasteiger partial charge in [0.05, 0.1) is 15.7 Å². The topological polar surface area (TPSA) is 0 Å². The van der Waals surface area contributed by atoms with Crippen molar-refractivity contribution in [2.24, 2.45) is 0 Å². The second kappa shape index (κ2) is 8.44. The highest BCUT2D eigenvalue weighted by Gasteiger charge is 2.18. The van der Waals surface area contributed by atoms with Crippen LogP contribution in [0, 0.1) is 0 Å². The molecule has 0 N–H and O–H groups in total. The minimum Gasteiger partial charge on any atom is -0.0864 e. The minimum absolute atomic E-state index is 0.340. The summed E-state index contributed by atoms with van der Waals surface area (Å²) in [6.07, 6.45) is 4.78. The molecule has 0 fully saturated rings. The number of rotatable bonds is 6.